The van der Waals surface area contributed by atoms with E-state index in [2.05, 4.69) is 4.98 Å². The summed E-state index contributed by atoms with van der Waals surface area (Å²) in [5.74, 6) is 0.0383. The molecule has 0 fully saturated rings. The van der Waals surface area contributed by atoms with Gasteiger partial charge in [-0.15, -0.1) is 0 Å². The molecule has 0 unspecified atom stereocenters. The van der Waals surface area contributed by atoms with Crippen molar-refractivity contribution in [1.82, 2.24) is 9.55 Å². The molecule has 31 heavy (non-hydrogen) atoms. The van der Waals surface area contributed by atoms with Gasteiger partial charge in [-0.1, -0.05) is 54.1 Å². The molecule has 0 spiro atoms. The Hall–Kier alpha value is -3.61. The van der Waals surface area contributed by atoms with Crippen molar-refractivity contribution in [2.24, 2.45) is 0 Å². The van der Waals surface area contributed by atoms with Gasteiger partial charge in [0, 0.05) is 11.8 Å². The third-order valence-electron chi connectivity index (χ3n) is 4.58. The molecule has 0 saturated carbocycles. The van der Waals surface area contributed by atoms with E-state index >= 15 is 0 Å². The van der Waals surface area contributed by atoms with Crippen molar-refractivity contribution in [3.63, 3.8) is 0 Å². The number of anilines is 1. The number of nitrogens with zero attached hydrogens (tertiary/aromatic N) is 2. The maximum atomic E-state index is 13.2. The zero-order valence-electron chi connectivity index (χ0n) is 17.0. The van der Waals surface area contributed by atoms with Crippen LogP contribution < -0.4 is 5.73 Å². The van der Waals surface area contributed by atoms with E-state index in [0.29, 0.717) is 11.6 Å². The van der Waals surface area contributed by atoms with Gasteiger partial charge in [0.25, 0.3) is 0 Å². The number of alkyl halides is 3. The summed E-state index contributed by atoms with van der Waals surface area (Å²) in [6, 6.07) is 20.1. The first-order valence-electron chi connectivity index (χ1n) is 9.46. The van der Waals surface area contributed by atoms with Gasteiger partial charge in [0.1, 0.15) is 5.82 Å². The maximum absolute atomic E-state index is 13.2. The quantitative estimate of drug-likeness (QED) is 0.367. The summed E-state index contributed by atoms with van der Waals surface area (Å²) in [6.45, 7) is 3.24. The summed E-state index contributed by atoms with van der Waals surface area (Å²) >= 11 is 0. The minimum absolute atomic E-state index is 0.280. The standard InChI is InChI=1S/C15H12FN3.C9H9F3/c16-12-7-4-8-13(9-12)19-10-14(18-15(19)17)11-5-2-1-3-6-11;1-6-3-4-8(7(2)5-6)9(10,11)12/h1-10H,(H2,17,18);3-5H,1-2H3. The van der Waals surface area contributed by atoms with Crippen LogP contribution in [0.25, 0.3) is 16.9 Å². The van der Waals surface area contributed by atoms with Crippen LogP contribution in [0.3, 0.4) is 0 Å². The number of nitrogen functional groups attached to an aromatic ring is 1. The van der Waals surface area contributed by atoms with Crippen LogP contribution in [0, 0.1) is 19.7 Å². The fourth-order valence-electron chi connectivity index (χ4n) is 3.11. The number of benzene rings is 3. The second kappa shape index (κ2) is 9.04. The van der Waals surface area contributed by atoms with Gasteiger partial charge in [0.05, 0.1) is 16.9 Å². The zero-order valence-corrected chi connectivity index (χ0v) is 17.0. The predicted molar refractivity (Wildman–Crippen MR) is 114 cm³/mol. The smallest absolute Gasteiger partial charge is 0.369 e. The van der Waals surface area contributed by atoms with E-state index < -0.39 is 11.7 Å². The highest BCUT2D eigenvalue weighted by Gasteiger charge is 2.31. The van der Waals surface area contributed by atoms with E-state index in [1.165, 1.54) is 31.2 Å². The van der Waals surface area contributed by atoms with Crippen molar-refractivity contribution >= 4 is 5.95 Å². The molecular weight excluding hydrogens is 406 g/mol. The molecule has 0 aliphatic heterocycles. The Morgan fingerprint density at radius 3 is 2.19 bits per heavy atom. The normalized spacial score (nSPS) is 11.0. The van der Waals surface area contributed by atoms with Gasteiger partial charge in [-0.05, 0) is 43.7 Å². The van der Waals surface area contributed by atoms with E-state index in [4.69, 9.17) is 5.73 Å². The molecule has 0 atom stereocenters. The van der Waals surface area contributed by atoms with E-state index in [9.17, 15) is 17.6 Å². The van der Waals surface area contributed by atoms with Gasteiger partial charge in [-0.3, -0.25) is 4.57 Å². The number of aromatic nitrogens is 2. The van der Waals surface area contributed by atoms with Crippen molar-refractivity contribution in [3.05, 3.63) is 102 Å². The molecule has 4 aromatic rings. The van der Waals surface area contributed by atoms with Gasteiger partial charge >= 0.3 is 6.18 Å². The van der Waals surface area contributed by atoms with Crippen LogP contribution in [0.1, 0.15) is 16.7 Å². The first kappa shape index (κ1) is 22.1. The van der Waals surface area contributed by atoms with Crippen molar-refractivity contribution < 1.29 is 17.6 Å². The van der Waals surface area contributed by atoms with Crippen LogP contribution in [0.5, 0.6) is 0 Å². The summed E-state index contributed by atoms with van der Waals surface area (Å²) in [6.07, 6.45) is -2.42. The lowest BCUT2D eigenvalue weighted by Gasteiger charge is -2.09. The Kier molecular flexibility index (Phi) is 6.44. The van der Waals surface area contributed by atoms with Crippen LogP contribution in [-0.4, -0.2) is 9.55 Å². The Labute approximate surface area is 177 Å². The fourth-order valence-corrected chi connectivity index (χ4v) is 3.11. The number of imidazole rings is 1. The maximum Gasteiger partial charge on any atom is 0.416 e. The van der Waals surface area contributed by atoms with Gasteiger partial charge in [-0.25, -0.2) is 9.37 Å². The molecule has 1 aromatic heterocycles. The Morgan fingerprint density at radius 2 is 1.58 bits per heavy atom. The number of aryl methyl sites for hydroxylation is 2. The van der Waals surface area contributed by atoms with Crippen LogP contribution >= 0.6 is 0 Å². The molecule has 3 nitrogen and oxygen atoms in total. The summed E-state index contributed by atoms with van der Waals surface area (Å²) < 4.78 is 51.5. The first-order valence-corrected chi connectivity index (χ1v) is 9.46. The molecule has 0 aliphatic rings. The Bertz CT molecular complexity index is 1170. The average molecular weight is 427 g/mol. The predicted octanol–water partition coefficient (Wildman–Crippen LogP) is 6.58. The van der Waals surface area contributed by atoms with E-state index in [1.807, 2.05) is 30.3 Å². The van der Waals surface area contributed by atoms with Crippen LogP contribution in [-0.2, 0) is 6.18 Å². The average Bonchev–Trinajstić information content (AvgIpc) is 3.10. The van der Waals surface area contributed by atoms with Crippen molar-refractivity contribution in [1.29, 1.82) is 0 Å². The molecule has 0 saturated heterocycles. The van der Waals surface area contributed by atoms with Crippen LogP contribution in [0.2, 0.25) is 0 Å². The number of hydrogen-bond donors (Lipinski definition) is 1. The summed E-state index contributed by atoms with van der Waals surface area (Å²) in [5, 5.41) is 0. The van der Waals surface area contributed by atoms with Gasteiger partial charge in [-0.2, -0.15) is 13.2 Å². The molecule has 3 aromatic carbocycles. The molecule has 160 valence electrons. The van der Waals surface area contributed by atoms with E-state index in [-0.39, 0.29) is 11.4 Å². The van der Waals surface area contributed by atoms with Crippen molar-refractivity contribution in [2.75, 3.05) is 5.73 Å². The van der Waals surface area contributed by atoms with Gasteiger partial charge in [0.15, 0.2) is 0 Å². The van der Waals surface area contributed by atoms with Gasteiger partial charge in [0.2, 0.25) is 5.95 Å². The SMILES string of the molecule is Cc1ccc(C(F)(F)F)c(C)c1.Nc1nc(-c2ccccc2)cn1-c1cccc(F)c1. The highest BCUT2D eigenvalue weighted by molar-refractivity contribution is 5.61. The van der Waals surface area contributed by atoms with E-state index in [1.54, 1.807) is 29.8 Å². The number of halogens is 4. The number of hydrogen-bond acceptors (Lipinski definition) is 2. The lowest BCUT2D eigenvalue weighted by atomic mass is 10.1. The van der Waals surface area contributed by atoms with Gasteiger partial charge < -0.3 is 5.73 Å². The summed E-state index contributed by atoms with van der Waals surface area (Å²) in [5.41, 5.74) is 8.87. The summed E-state index contributed by atoms with van der Waals surface area (Å²) in [7, 11) is 0. The topological polar surface area (TPSA) is 43.8 Å². The highest BCUT2D eigenvalue weighted by atomic mass is 19.4. The van der Waals surface area contributed by atoms with Crippen LogP contribution in [0.15, 0.2) is 79.0 Å². The molecule has 7 heteroatoms. The van der Waals surface area contributed by atoms with Crippen LogP contribution in [0.4, 0.5) is 23.5 Å². The zero-order chi connectivity index (χ0) is 22.6. The number of nitrogens with two attached hydrogens (primary N) is 1. The monoisotopic (exact) mass is 427 g/mol. The third-order valence-corrected chi connectivity index (χ3v) is 4.58. The fraction of sp³-hybridized carbons (Fsp3) is 0.125. The lowest BCUT2D eigenvalue weighted by Crippen LogP contribution is -2.07. The minimum Gasteiger partial charge on any atom is -0.369 e. The Morgan fingerprint density at radius 1 is 0.871 bits per heavy atom. The molecule has 2 N–H and O–H groups in total. The summed E-state index contributed by atoms with van der Waals surface area (Å²) in [4.78, 5) is 4.31. The largest absolute Gasteiger partial charge is 0.416 e. The second-order valence-electron chi connectivity index (χ2n) is 7.02. The molecule has 0 aliphatic carbocycles. The van der Waals surface area contributed by atoms with Crippen molar-refractivity contribution in [3.8, 4) is 16.9 Å². The molecule has 0 amide bonds. The van der Waals surface area contributed by atoms with Crippen molar-refractivity contribution in [2.45, 2.75) is 20.0 Å². The Balaban J connectivity index is 0.000000196. The third kappa shape index (κ3) is 5.51. The molecule has 1 heterocycles. The first-order chi connectivity index (χ1) is 14.6. The molecule has 0 bridgehead atoms. The highest BCUT2D eigenvalue weighted by Crippen LogP contribution is 2.31. The van der Waals surface area contributed by atoms with E-state index in [0.717, 1.165) is 22.9 Å². The number of rotatable bonds is 2. The molecule has 4 rings (SSSR count). The lowest BCUT2D eigenvalue weighted by molar-refractivity contribution is -0.138. The minimum atomic E-state index is -4.22. The molecular formula is C24H21F4N3. The second-order valence-corrected chi connectivity index (χ2v) is 7.02. The molecule has 0 radical (unpaired) electrons.